The fraction of sp³-hybridized carbons (Fsp3) is 0.500. The first-order valence-corrected chi connectivity index (χ1v) is 11.1. The van der Waals surface area contributed by atoms with Crippen molar-refractivity contribution in [2.75, 3.05) is 36.8 Å². The summed E-state index contributed by atoms with van der Waals surface area (Å²) in [6.45, 7) is 4.61. The summed E-state index contributed by atoms with van der Waals surface area (Å²) in [4.78, 5) is 26.9. The van der Waals surface area contributed by atoms with E-state index in [1.807, 2.05) is 0 Å². The van der Waals surface area contributed by atoms with E-state index in [1.54, 1.807) is 11.8 Å². The van der Waals surface area contributed by atoms with Crippen molar-refractivity contribution in [3.63, 3.8) is 0 Å². The first-order chi connectivity index (χ1) is 14.1. The Balaban J connectivity index is 1.48. The lowest BCUT2D eigenvalue weighted by Gasteiger charge is -2.27. The van der Waals surface area contributed by atoms with Gasteiger partial charge in [-0.1, -0.05) is 29.5 Å². The van der Waals surface area contributed by atoms with Gasteiger partial charge in [-0.2, -0.15) is 0 Å². The van der Waals surface area contributed by atoms with Crippen molar-refractivity contribution >= 4 is 29.6 Å². The largest absolute Gasteiger partial charge is 0.341 e. The van der Waals surface area contributed by atoms with E-state index in [4.69, 9.17) is 0 Å². The summed E-state index contributed by atoms with van der Waals surface area (Å²) in [5, 5.41) is 12.4. The van der Waals surface area contributed by atoms with Crippen molar-refractivity contribution in [3.8, 4) is 5.69 Å². The average molecular weight is 415 g/mol. The summed E-state index contributed by atoms with van der Waals surface area (Å²) in [5.74, 6) is 1.49. The molecule has 8 nitrogen and oxygen atoms in total. The normalized spacial score (nSPS) is 17.1. The highest BCUT2D eigenvalue weighted by Gasteiger charge is 2.27. The molecule has 1 aromatic heterocycles. The smallest absolute Gasteiger partial charge is 0.324 e. The zero-order chi connectivity index (χ0) is 20.2. The second-order valence-corrected chi connectivity index (χ2v) is 8.47. The molecule has 2 aromatic rings. The van der Waals surface area contributed by atoms with Gasteiger partial charge in [0.05, 0.1) is 12.2 Å². The third-order valence-corrected chi connectivity index (χ3v) is 6.26. The number of hydrogen-bond acceptors (Lipinski definition) is 6. The molecule has 3 amide bonds. The molecule has 1 N–H and O–H groups in total. The van der Waals surface area contributed by atoms with E-state index in [1.165, 1.54) is 29.7 Å². The number of carbonyl (C=O) groups excluding carboxylic acids is 2. The van der Waals surface area contributed by atoms with E-state index in [0.717, 1.165) is 35.6 Å². The summed E-state index contributed by atoms with van der Waals surface area (Å²) in [7, 11) is 0. The van der Waals surface area contributed by atoms with Gasteiger partial charge in [0.2, 0.25) is 11.9 Å². The minimum atomic E-state index is -0.296. The van der Waals surface area contributed by atoms with Gasteiger partial charge in [0.15, 0.2) is 5.16 Å². The van der Waals surface area contributed by atoms with Gasteiger partial charge in [-0.25, -0.2) is 4.79 Å². The van der Waals surface area contributed by atoms with Crippen molar-refractivity contribution in [1.29, 1.82) is 0 Å². The number of benzene rings is 1. The van der Waals surface area contributed by atoms with Gasteiger partial charge in [-0.3, -0.25) is 14.3 Å². The van der Waals surface area contributed by atoms with Crippen LogP contribution in [0, 0.1) is 6.92 Å². The summed E-state index contributed by atoms with van der Waals surface area (Å²) in [6.07, 6.45) is 4.33. The van der Waals surface area contributed by atoms with E-state index in [0.29, 0.717) is 13.0 Å². The van der Waals surface area contributed by atoms with Crippen LogP contribution >= 0.6 is 11.8 Å². The number of aryl methyl sites for hydroxylation is 1. The predicted molar refractivity (Wildman–Crippen MR) is 113 cm³/mol. The highest BCUT2D eigenvalue weighted by molar-refractivity contribution is 7.99. The van der Waals surface area contributed by atoms with Crippen LogP contribution in [0.2, 0.25) is 0 Å². The van der Waals surface area contributed by atoms with Crippen molar-refractivity contribution in [2.24, 2.45) is 0 Å². The SMILES string of the molecule is Cc1ccc(-n2c(SCCCN3C(=O)CNC3=O)nnc2N2CCCCC2)cc1. The standard InChI is InChI=1S/C20H26N6O2S/c1-15-6-8-16(9-7-15)26-18(24-10-3-2-4-11-24)22-23-20(26)29-13-5-12-25-17(27)14-21-19(25)28/h6-9H,2-5,10-14H2,1H3,(H,21,28). The van der Waals surface area contributed by atoms with Crippen molar-refractivity contribution in [2.45, 2.75) is 37.8 Å². The third-order valence-electron chi connectivity index (χ3n) is 5.24. The highest BCUT2D eigenvalue weighted by Crippen LogP contribution is 2.28. The van der Waals surface area contributed by atoms with Crippen LogP contribution in [0.15, 0.2) is 29.4 Å². The summed E-state index contributed by atoms with van der Waals surface area (Å²) in [5.41, 5.74) is 2.27. The predicted octanol–water partition coefficient (Wildman–Crippen LogP) is 2.60. The molecule has 0 spiro atoms. The van der Waals surface area contributed by atoms with Crippen LogP contribution in [0.4, 0.5) is 10.7 Å². The van der Waals surface area contributed by atoms with Gasteiger partial charge in [-0.15, -0.1) is 10.2 Å². The van der Waals surface area contributed by atoms with E-state index < -0.39 is 0 Å². The molecule has 4 rings (SSSR count). The lowest BCUT2D eigenvalue weighted by molar-refractivity contribution is -0.124. The maximum Gasteiger partial charge on any atom is 0.324 e. The first-order valence-electron chi connectivity index (χ1n) is 10.1. The topological polar surface area (TPSA) is 83.4 Å². The molecule has 2 aliphatic rings. The molecule has 1 aromatic carbocycles. The molecule has 9 heteroatoms. The maximum atomic E-state index is 11.7. The Morgan fingerprint density at radius 3 is 2.52 bits per heavy atom. The molecule has 2 fully saturated rings. The number of piperidine rings is 1. The number of aromatic nitrogens is 3. The number of amides is 3. The Morgan fingerprint density at radius 1 is 1.07 bits per heavy atom. The molecule has 154 valence electrons. The van der Waals surface area contributed by atoms with E-state index in [9.17, 15) is 9.59 Å². The fourth-order valence-electron chi connectivity index (χ4n) is 3.64. The molecule has 0 radical (unpaired) electrons. The molecule has 2 aliphatic heterocycles. The number of nitrogens with zero attached hydrogens (tertiary/aromatic N) is 5. The van der Waals surface area contributed by atoms with Gasteiger partial charge >= 0.3 is 6.03 Å². The zero-order valence-corrected chi connectivity index (χ0v) is 17.5. The molecule has 2 saturated heterocycles. The number of nitrogens with one attached hydrogen (secondary N) is 1. The number of rotatable bonds is 7. The summed E-state index contributed by atoms with van der Waals surface area (Å²) < 4.78 is 2.13. The molecular weight excluding hydrogens is 388 g/mol. The number of carbonyl (C=O) groups is 2. The lowest BCUT2D eigenvalue weighted by atomic mass is 10.1. The molecule has 0 aliphatic carbocycles. The van der Waals surface area contributed by atoms with Crippen molar-refractivity contribution < 1.29 is 9.59 Å². The lowest BCUT2D eigenvalue weighted by Crippen LogP contribution is -2.32. The molecule has 29 heavy (non-hydrogen) atoms. The summed E-state index contributed by atoms with van der Waals surface area (Å²) in [6, 6.07) is 8.10. The fourth-order valence-corrected chi connectivity index (χ4v) is 4.51. The first kappa shape index (κ1) is 19.8. The number of hydrogen-bond donors (Lipinski definition) is 1. The van der Waals surface area contributed by atoms with Crippen LogP contribution in [0.25, 0.3) is 5.69 Å². The van der Waals surface area contributed by atoms with Crippen molar-refractivity contribution in [1.82, 2.24) is 25.0 Å². The Hall–Kier alpha value is -2.55. The van der Waals surface area contributed by atoms with Gasteiger partial charge in [-0.05, 0) is 44.7 Å². The number of anilines is 1. The second-order valence-electron chi connectivity index (χ2n) is 7.41. The number of urea groups is 1. The Bertz CT molecular complexity index is 860. The van der Waals surface area contributed by atoms with Gasteiger partial charge in [0, 0.05) is 25.4 Å². The van der Waals surface area contributed by atoms with Crippen LogP contribution in [-0.4, -0.2) is 63.5 Å². The van der Waals surface area contributed by atoms with Gasteiger partial charge in [0.1, 0.15) is 0 Å². The molecular formula is C20H26N6O2S. The van der Waals surface area contributed by atoms with Gasteiger partial charge in [0.25, 0.3) is 0 Å². The summed E-state index contributed by atoms with van der Waals surface area (Å²) >= 11 is 1.61. The van der Waals surface area contributed by atoms with Crippen molar-refractivity contribution in [3.05, 3.63) is 29.8 Å². The molecule has 0 saturated carbocycles. The quantitative estimate of drug-likeness (QED) is 0.426. The maximum absolute atomic E-state index is 11.7. The Kier molecular flexibility index (Phi) is 6.03. The van der Waals surface area contributed by atoms with E-state index in [2.05, 4.69) is 56.2 Å². The Labute approximate surface area is 174 Å². The monoisotopic (exact) mass is 414 g/mol. The van der Waals surface area contributed by atoms with Crippen LogP contribution < -0.4 is 10.2 Å². The highest BCUT2D eigenvalue weighted by atomic mass is 32.2. The van der Waals surface area contributed by atoms with Crippen LogP contribution in [0.5, 0.6) is 0 Å². The zero-order valence-electron chi connectivity index (χ0n) is 16.6. The Morgan fingerprint density at radius 2 is 1.83 bits per heavy atom. The minimum absolute atomic E-state index is 0.104. The van der Waals surface area contributed by atoms with E-state index in [-0.39, 0.29) is 18.5 Å². The average Bonchev–Trinajstić information content (AvgIpc) is 3.30. The molecule has 3 heterocycles. The second kappa shape index (κ2) is 8.86. The van der Waals surface area contributed by atoms with Crippen LogP contribution in [0.3, 0.4) is 0 Å². The molecule has 0 bridgehead atoms. The van der Waals surface area contributed by atoms with Crippen LogP contribution in [-0.2, 0) is 4.79 Å². The number of imide groups is 1. The van der Waals surface area contributed by atoms with Gasteiger partial charge < -0.3 is 10.2 Å². The molecule has 0 unspecified atom stereocenters. The third kappa shape index (κ3) is 4.39. The van der Waals surface area contributed by atoms with Crippen LogP contribution in [0.1, 0.15) is 31.2 Å². The number of thioether (sulfide) groups is 1. The minimum Gasteiger partial charge on any atom is -0.341 e. The van der Waals surface area contributed by atoms with E-state index >= 15 is 0 Å². The molecule has 0 atom stereocenters.